The lowest BCUT2D eigenvalue weighted by Gasteiger charge is -2.23. The largest absolute Gasteiger partial charge is 0.383 e. The Bertz CT molecular complexity index is 991. The van der Waals surface area contributed by atoms with Crippen molar-refractivity contribution in [2.24, 2.45) is 0 Å². The van der Waals surface area contributed by atoms with E-state index in [0.717, 1.165) is 0 Å². The SMILES string of the molecule is COCCN(Cc1ccccc1OS(=O)(=O)c1ccc(NC(C)=O)cc1)C(=O)COC. The summed E-state index contributed by atoms with van der Waals surface area (Å²) in [4.78, 5) is 24.9. The Hall–Kier alpha value is -2.95. The van der Waals surface area contributed by atoms with Gasteiger partial charge in [-0.05, 0) is 30.3 Å². The van der Waals surface area contributed by atoms with Crippen LogP contribution in [0.2, 0.25) is 0 Å². The molecule has 2 rings (SSSR count). The van der Waals surface area contributed by atoms with Gasteiger partial charge < -0.3 is 23.9 Å². The number of nitrogens with one attached hydrogen (secondary N) is 1. The zero-order valence-corrected chi connectivity index (χ0v) is 18.5. The third-order valence-corrected chi connectivity index (χ3v) is 5.43. The molecule has 0 aliphatic carbocycles. The van der Waals surface area contributed by atoms with Crippen molar-refractivity contribution in [2.75, 3.05) is 39.3 Å². The van der Waals surface area contributed by atoms with Gasteiger partial charge in [-0.3, -0.25) is 9.59 Å². The van der Waals surface area contributed by atoms with E-state index in [0.29, 0.717) is 24.4 Å². The maximum absolute atomic E-state index is 12.8. The quantitative estimate of drug-likeness (QED) is 0.522. The predicted molar refractivity (Wildman–Crippen MR) is 114 cm³/mol. The van der Waals surface area contributed by atoms with Gasteiger partial charge in [0.2, 0.25) is 11.8 Å². The molecule has 1 N–H and O–H groups in total. The van der Waals surface area contributed by atoms with E-state index in [2.05, 4.69) is 5.32 Å². The molecule has 0 fully saturated rings. The number of para-hydroxylation sites is 1. The van der Waals surface area contributed by atoms with Crippen molar-refractivity contribution < 1.29 is 31.7 Å². The molecular formula is C21H26N2O7S. The minimum absolute atomic E-state index is 0.0666. The van der Waals surface area contributed by atoms with E-state index in [9.17, 15) is 18.0 Å². The number of rotatable bonds is 11. The van der Waals surface area contributed by atoms with E-state index in [1.807, 2.05) is 0 Å². The molecule has 0 aromatic heterocycles. The minimum atomic E-state index is -4.13. The van der Waals surface area contributed by atoms with E-state index >= 15 is 0 Å². The molecule has 10 heteroatoms. The maximum atomic E-state index is 12.8. The van der Waals surface area contributed by atoms with Crippen molar-refractivity contribution in [1.29, 1.82) is 0 Å². The molecule has 2 aromatic carbocycles. The van der Waals surface area contributed by atoms with Gasteiger partial charge in [0, 0.05) is 45.5 Å². The Morgan fingerprint density at radius 2 is 1.68 bits per heavy atom. The summed E-state index contributed by atoms with van der Waals surface area (Å²) in [7, 11) is -1.18. The summed E-state index contributed by atoms with van der Waals surface area (Å²) in [5.41, 5.74) is 0.985. The van der Waals surface area contributed by atoms with Gasteiger partial charge in [-0.25, -0.2) is 0 Å². The van der Waals surface area contributed by atoms with Crippen molar-refractivity contribution in [3.05, 3.63) is 54.1 Å². The van der Waals surface area contributed by atoms with E-state index in [4.69, 9.17) is 13.7 Å². The van der Waals surface area contributed by atoms with Crippen LogP contribution in [0.25, 0.3) is 0 Å². The lowest BCUT2D eigenvalue weighted by Crippen LogP contribution is -2.36. The molecule has 0 bridgehead atoms. The summed E-state index contributed by atoms with van der Waals surface area (Å²) >= 11 is 0. The van der Waals surface area contributed by atoms with Crippen LogP contribution in [0.3, 0.4) is 0 Å². The van der Waals surface area contributed by atoms with Crippen LogP contribution in [-0.4, -0.2) is 59.1 Å². The van der Waals surface area contributed by atoms with Crippen LogP contribution in [0.4, 0.5) is 5.69 Å². The number of hydrogen-bond donors (Lipinski definition) is 1. The highest BCUT2D eigenvalue weighted by Gasteiger charge is 2.21. The molecule has 0 aliphatic heterocycles. The topological polar surface area (TPSA) is 111 Å². The highest BCUT2D eigenvalue weighted by Crippen LogP contribution is 2.25. The molecule has 0 unspecified atom stereocenters. The number of carbonyl (C=O) groups excluding carboxylic acids is 2. The summed E-state index contributed by atoms with van der Waals surface area (Å²) in [5.74, 6) is -0.409. The summed E-state index contributed by atoms with van der Waals surface area (Å²) in [6, 6.07) is 12.2. The van der Waals surface area contributed by atoms with Crippen LogP contribution in [0.5, 0.6) is 5.75 Å². The first-order chi connectivity index (χ1) is 14.8. The first kappa shape index (κ1) is 24.3. The Morgan fingerprint density at radius 1 is 1.00 bits per heavy atom. The zero-order chi connectivity index (χ0) is 22.9. The molecule has 0 saturated carbocycles. The maximum Gasteiger partial charge on any atom is 0.339 e. The van der Waals surface area contributed by atoms with Gasteiger partial charge in [0.15, 0.2) is 0 Å². The summed E-state index contributed by atoms with van der Waals surface area (Å²) < 4.78 is 40.8. The number of anilines is 1. The fourth-order valence-electron chi connectivity index (χ4n) is 2.70. The molecule has 31 heavy (non-hydrogen) atoms. The van der Waals surface area contributed by atoms with Gasteiger partial charge in [-0.15, -0.1) is 0 Å². The van der Waals surface area contributed by atoms with Crippen molar-refractivity contribution in [2.45, 2.75) is 18.4 Å². The van der Waals surface area contributed by atoms with Gasteiger partial charge in [0.05, 0.1) is 6.61 Å². The first-order valence-corrected chi connectivity index (χ1v) is 10.8. The third kappa shape index (κ3) is 7.35. The molecule has 0 radical (unpaired) electrons. The fourth-order valence-corrected chi connectivity index (χ4v) is 3.67. The number of carbonyl (C=O) groups is 2. The van der Waals surface area contributed by atoms with Gasteiger partial charge in [-0.2, -0.15) is 8.42 Å². The summed E-state index contributed by atoms with van der Waals surface area (Å²) in [6.07, 6.45) is 0. The number of benzene rings is 2. The number of amides is 2. The molecule has 9 nitrogen and oxygen atoms in total. The first-order valence-electron chi connectivity index (χ1n) is 9.42. The van der Waals surface area contributed by atoms with E-state index in [-0.39, 0.29) is 35.6 Å². The lowest BCUT2D eigenvalue weighted by atomic mass is 10.2. The van der Waals surface area contributed by atoms with Crippen LogP contribution < -0.4 is 9.50 Å². The molecule has 0 aliphatic rings. The van der Waals surface area contributed by atoms with Gasteiger partial charge in [0.25, 0.3) is 0 Å². The number of nitrogens with zero attached hydrogens (tertiary/aromatic N) is 1. The molecular weight excluding hydrogens is 424 g/mol. The third-order valence-electron chi connectivity index (χ3n) is 4.18. The van der Waals surface area contributed by atoms with E-state index in [1.54, 1.807) is 18.2 Å². The van der Waals surface area contributed by atoms with Crippen molar-refractivity contribution in [1.82, 2.24) is 4.90 Å². The average Bonchev–Trinajstić information content (AvgIpc) is 2.72. The highest BCUT2D eigenvalue weighted by molar-refractivity contribution is 7.87. The summed E-state index contributed by atoms with van der Waals surface area (Å²) in [5, 5.41) is 2.57. The Balaban J connectivity index is 2.23. The van der Waals surface area contributed by atoms with Crippen molar-refractivity contribution >= 4 is 27.6 Å². The minimum Gasteiger partial charge on any atom is -0.383 e. The molecule has 0 spiro atoms. The van der Waals surface area contributed by atoms with Crippen molar-refractivity contribution in [3.63, 3.8) is 0 Å². The highest BCUT2D eigenvalue weighted by atomic mass is 32.2. The molecule has 0 heterocycles. The van der Waals surface area contributed by atoms with Crippen LogP contribution in [0.1, 0.15) is 12.5 Å². The van der Waals surface area contributed by atoms with Crippen molar-refractivity contribution in [3.8, 4) is 5.75 Å². The second kappa shape index (κ2) is 11.4. The number of methoxy groups -OCH3 is 2. The molecule has 0 atom stereocenters. The fraction of sp³-hybridized carbons (Fsp3) is 0.333. The second-order valence-electron chi connectivity index (χ2n) is 6.59. The predicted octanol–water partition coefficient (Wildman–Crippen LogP) is 2.03. The standard InChI is InChI=1S/C21H26N2O7S/c1-16(24)22-18-8-10-19(11-9-18)31(26,27)30-20-7-5-4-6-17(20)14-23(12-13-28-2)21(25)15-29-3/h4-11H,12-15H2,1-3H3,(H,22,24). The second-order valence-corrected chi connectivity index (χ2v) is 8.14. The van der Waals surface area contributed by atoms with Gasteiger partial charge >= 0.3 is 10.1 Å². The molecule has 0 saturated heterocycles. The monoisotopic (exact) mass is 450 g/mol. The zero-order valence-electron chi connectivity index (χ0n) is 17.7. The van der Waals surface area contributed by atoms with Gasteiger partial charge in [-0.1, -0.05) is 18.2 Å². The van der Waals surface area contributed by atoms with Crippen LogP contribution in [0, 0.1) is 0 Å². The Labute approximate surface area is 182 Å². The van der Waals surface area contributed by atoms with E-state index < -0.39 is 10.1 Å². The molecule has 168 valence electrons. The number of ether oxygens (including phenoxy) is 2. The molecule has 2 aromatic rings. The van der Waals surface area contributed by atoms with E-state index in [1.165, 1.54) is 56.4 Å². The summed E-state index contributed by atoms with van der Waals surface area (Å²) in [6.45, 7) is 2.00. The normalized spacial score (nSPS) is 11.1. The Morgan fingerprint density at radius 3 is 2.29 bits per heavy atom. The smallest absolute Gasteiger partial charge is 0.339 e. The molecule has 2 amide bonds. The average molecular weight is 451 g/mol. The lowest BCUT2D eigenvalue weighted by molar-refractivity contribution is -0.136. The van der Waals surface area contributed by atoms with Crippen LogP contribution >= 0.6 is 0 Å². The van der Waals surface area contributed by atoms with Gasteiger partial charge in [0.1, 0.15) is 17.3 Å². The number of hydrogen-bond acceptors (Lipinski definition) is 7. The van der Waals surface area contributed by atoms with Crippen LogP contribution in [-0.2, 0) is 35.7 Å². The Kier molecular flexibility index (Phi) is 8.98. The van der Waals surface area contributed by atoms with Crippen LogP contribution in [0.15, 0.2) is 53.4 Å².